The third-order valence-corrected chi connectivity index (χ3v) is 6.92. The van der Waals surface area contributed by atoms with E-state index in [-0.39, 0.29) is 0 Å². The van der Waals surface area contributed by atoms with Crippen molar-refractivity contribution in [1.29, 1.82) is 0 Å². The van der Waals surface area contributed by atoms with E-state index in [1.807, 2.05) is 30.2 Å². The molecule has 2 saturated carbocycles. The van der Waals surface area contributed by atoms with Crippen LogP contribution >= 0.6 is 11.9 Å². The van der Waals surface area contributed by atoms with Gasteiger partial charge in [-0.2, -0.15) is 0 Å². The number of nitrogens with zero attached hydrogens (tertiary/aromatic N) is 1. The lowest BCUT2D eigenvalue weighted by atomic mass is 9.68. The van der Waals surface area contributed by atoms with Gasteiger partial charge in [0.25, 0.3) is 0 Å². The summed E-state index contributed by atoms with van der Waals surface area (Å²) >= 11 is 1.90. The molecule has 0 aromatic carbocycles. The molecule has 3 heterocycles. The number of H-pyrrole nitrogens is 1. The maximum atomic E-state index is 10.1. The molecule has 0 unspecified atom stereocenters. The Morgan fingerprint density at radius 3 is 3.08 bits per heavy atom. The topological polar surface area (TPSA) is 70.2 Å². The molecule has 5 nitrogen and oxygen atoms in total. The van der Waals surface area contributed by atoms with Gasteiger partial charge in [0, 0.05) is 28.9 Å². The Hall–Kier alpha value is -1.44. The number of allylic oxidation sites excluding steroid dienone is 1. The number of aromatic amines is 1. The number of fused-ring (bicyclic) bond motifs is 3. The molecule has 25 heavy (non-hydrogen) atoms. The molecule has 0 atom stereocenters. The molecular weight excluding hydrogens is 333 g/mol. The normalized spacial score (nSPS) is 25.8. The first-order valence-corrected chi connectivity index (χ1v) is 10.2. The molecule has 7 heteroatoms. The molecule has 2 aromatic heterocycles. The highest BCUT2D eigenvalue weighted by molar-refractivity contribution is 7.97. The van der Waals surface area contributed by atoms with Crippen molar-refractivity contribution in [3.63, 3.8) is 0 Å². The summed E-state index contributed by atoms with van der Waals surface area (Å²) in [6.07, 6.45) is 10.1. The molecule has 3 N–H and O–H groups in total. The zero-order valence-electron chi connectivity index (χ0n) is 14.1. The predicted molar refractivity (Wildman–Crippen MR) is 102 cm³/mol. The van der Waals surface area contributed by atoms with Crippen molar-refractivity contribution in [2.24, 2.45) is 11.8 Å². The number of aromatic nitrogens is 2. The van der Waals surface area contributed by atoms with E-state index in [0.717, 1.165) is 35.4 Å². The summed E-state index contributed by atoms with van der Waals surface area (Å²) < 4.78 is 9.21. The number of hydrogen-bond donors (Lipinski definition) is 3. The van der Waals surface area contributed by atoms with Crippen LogP contribution in [0.1, 0.15) is 37.7 Å². The van der Waals surface area contributed by atoms with Crippen LogP contribution in [0, 0.1) is 11.8 Å². The second-order valence-electron chi connectivity index (χ2n) is 7.46. The van der Waals surface area contributed by atoms with Gasteiger partial charge in [-0.25, -0.2) is 4.98 Å². The Morgan fingerprint density at radius 1 is 1.40 bits per heavy atom. The molecule has 1 aliphatic heterocycles. The highest BCUT2D eigenvalue weighted by atomic mass is 32.2. The van der Waals surface area contributed by atoms with E-state index in [0.29, 0.717) is 17.7 Å². The summed E-state index contributed by atoms with van der Waals surface area (Å²) in [6, 6.07) is 2.61. The number of nitrogens with one attached hydrogen (secondary N) is 2. The van der Waals surface area contributed by atoms with E-state index in [9.17, 15) is 5.02 Å². The molecular formula is C18H22BN3O2S. The van der Waals surface area contributed by atoms with Crippen molar-refractivity contribution in [3.05, 3.63) is 30.0 Å². The van der Waals surface area contributed by atoms with Crippen molar-refractivity contribution in [2.45, 2.75) is 38.1 Å². The largest absolute Gasteiger partial charge is 0.552 e. The second kappa shape index (κ2) is 6.38. The van der Waals surface area contributed by atoms with E-state index >= 15 is 0 Å². The van der Waals surface area contributed by atoms with Crippen molar-refractivity contribution in [1.82, 2.24) is 14.7 Å². The highest BCUT2D eigenvalue weighted by Crippen LogP contribution is 2.46. The van der Waals surface area contributed by atoms with Crippen LogP contribution in [-0.2, 0) is 0 Å². The van der Waals surface area contributed by atoms with E-state index in [1.165, 1.54) is 30.6 Å². The monoisotopic (exact) mass is 355 g/mol. The Morgan fingerprint density at radius 2 is 2.28 bits per heavy atom. The fourth-order valence-electron chi connectivity index (χ4n) is 4.03. The summed E-state index contributed by atoms with van der Waals surface area (Å²) in [5.74, 6) is 5.21. The van der Waals surface area contributed by atoms with E-state index in [1.54, 1.807) is 6.20 Å². The average molecular weight is 355 g/mol. The van der Waals surface area contributed by atoms with E-state index in [4.69, 9.17) is 4.65 Å². The quantitative estimate of drug-likeness (QED) is 0.568. The molecule has 0 saturated heterocycles. The van der Waals surface area contributed by atoms with Crippen molar-refractivity contribution in [2.75, 3.05) is 5.75 Å². The molecule has 0 spiro atoms. The third kappa shape index (κ3) is 2.88. The first-order chi connectivity index (χ1) is 12.3. The lowest BCUT2D eigenvalue weighted by Gasteiger charge is -2.39. The van der Waals surface area contributed by atoms with Crippen LogP contribution < -0.4 is 9.38 Å². The standard InChI is InChI=1S/C18H22BN3O2S/c23-19-8-15(12-6-13(7-12)22-25-10-11-2-1-3-11)17-14-4-5-20-18(14)21-9-16(17)24-19/h4-5,8-9,11-13,22-23H,1-3,6-7,10H2,(H,20,21). The molecule has 0 radical (unpaired) electrons. The Kier molecular flexibility index (Phi) is 4.03. The van der Waals surface area contributed by atoms with Gasteiger partial charge in [0.15, 0.2) is 0 Å². The maximum Gasteiger partial charge on any atom is 0.552 e. The van der Waals surface area contributed by atoms with Crippen LogP contribution in [0.4, 0.5) is 0 Å². The number of hydrogen-bond acceptors (Lipinski definition) is 5. The third-order valence-electron chi connectivity index (χ3n) is 5.78. The Labute approximate surface area is 151 Å². The second-order valence-corrected chi connectivity index (χ2v) is 8.32. The van der Waals surface area contributed by atoms with Crippen LogP contribution in [0.5, 0.6) is 5.75 Å². The number of pyridine rings is 1. The summed E-state index contributed by atoms with van der Waals surface area (Å²) in [7, 11) is -0.874. The van der Waals surface area contributed by atoms with Gasteiger partial charge < -0.3 is 14.7 Å². The van der Waals surface area contributed by atoms with Gasteiger partial charge in [-0.15, -0.1) is 0 Å². The molecule has 2 fully saturated rings. The van der Waals surface area contributed by atoms with Gasteiger partial charge in [-0.05, 0) is 55.1 Å². The van der Waals surface area contributed by atoms with Gasteiger partial charge in [-0.3, -0.25) is 4.72 Å². The van der Waals surface area contributed by atoms with Crippen LogP contribution in [0.25, 0.3) is 16.6 Å². The molecule has 0 bridgehead atoms. The fraction of sp³-hybridized carbons (Fsp3) is 0.500. The van der Waals surface area contributed by atoms with Gasteiger partial charge in [0.1, 0.15) is 11.4 Å². The summed E-state index contributed by atoms with van der Waals surface area (Å²) in [5.41, 5.74) is 3.18. The zero-order valence-corrected chi connectivity index (χ0v) is 14.9. The van der Waals surface area contributed by atoms with E-state index in [2.05, 4.69) is 14.7 Å². The molecule has 130 valence electrons. The van der Waals surface area contributed by atoms with Crippen molar-refractivity contribution >= 4 is 35.7 Å². The summed E-state index contributed by atoms with van der Waals surface area (Å²) in [5, 5.41) is 11.1. The van der Waals surface area contributed by atoms with Crippen molar-refractivity contribution in [3.8, 4) is 5.75 Å². The molecule has 2 aromatic rings. The van der Waals surface area contributed by atoms with Crippen LogP contribution in [0.15, 0.2) is 24.4 Å². The number of rotatable bonds is 5. The molecule has 2 aliphatic carbocycles. The fourth-order valence-corrected chi connectivity index (χ4v) is 5.12. The minimum Gasteiger partial charge on any atom is -0.531 e. The SMILES string of the molecule is OB1C=C(C2CC(NSCC3CCC3)C2)c2c(cnc3[nH]ccc23)O1. The van der Waals surface area contributed by atoms with Gasteiger partial charge in [0.05, 0.1) is 6.20 Å². The summed E-state index contributed by atoms with van der Waals surface area (Å²) in [4.78, 5) is 7.54. The molecule has 5 rings (SSSR count). The van der Waals surface area contributed by atoms with Gasteiger partial charge in [-0.1, -0.05) is 18.4 Å². The highest BCUT2D eigenvalue weighted by Gasteiger charge is 2.37. The van der Waals surface area contributed by atoms with Gasteiger partial charge in [0.2, 0.25) is 0 Å². The average Bonchev–Trinajstić information content (AvgIpc) is 2.98. The van der Waals surface area contributed by atoms with Gasteiger partial charge >= 0.3 is 7.12 Å². The lowest BCUT2D eigenvalue weighted by Crippen LogP contribution is -2.40. The minimum absolute atomic E-state index is 0.472. The van der Waals surface area contributed by atoms with E-state index < -0.39 is 7.12 Å². The molecule has 0 amide bonds. The Bertz CT molecular complexity index is 814. The summed E-state index contributed by atoms with van der Waals surface area (Å²) in [6.45, 7) is 0. The van der Waals surface area contributed by atoms with Crippen LogP contribution in [-0.4, -0.2) is 33.9 Å². The lowest BCUT2D eigenvalue weighted by molar-refractivity contribution is 0.313. The zero-order chi connectivity index (χ0) is 16.8. The smallest absolute Gasteiger partial charge is 0.531 e. The first kappa shape index (κ1) is 15.8. The minimum atomic E-state index is -0.874. The van der Waals surface area contributed by atoms with Crippen LogP contribution in [0.2, 0.25) is 0 Å². The Balaban J connectivity index is 1.29. The van der Waals surface area contributed by atoms with Crippen LogP contribution in [0.3, 0.4) is 0 Å². The first-order valence-electron chi connectivity index (χ1n) is 9.18. The molecule has 3 aliphatic rings. The predicted octanol–water partition coefficient (Wildman–Crippen LogP) is 3.17. The maximum absolute atomic E-state index is 10.1. The van der Waals surface area contributed by atoms with Crippen molar-refractivity contribution < 1.29 is 9.68 Å².